The number of hydrogen-bond donors (Lipinski definition) is 2. The number of aromatic nitrogens is 4. The quantitative estimate of drug-likeness (QED) is 0.507. The smallest absolute Gasteiger partial charge is 0.340 e. The van der Waals surface area contributed by atoms with Crippen LogP contribution in [0.25, 0.3) is 11.2 Å². The number of imidazole rings is 1. The highest BCUT2D eigenvalue weighted by Gasteiger charge is 2.11. The molecule has 0 aliphatic heterocycles. The second-order valence-electron chi connectivity index (χ2n) is 2.60. The van der Waals surface area contributed by atoms with Crippen molar-refractivity contribution >= 4 is 17.0 Å². The summed E-state index contributed by atoms with van der Waals surface area (Å²) >= 11 is 0. The molecule has 0 saturated heterocycles. The third kappa shape index (κ3) is 1.13. The first kappa shape index (κ1) is 8.35. The highest BCUT2D eigenvalue weighted by atomic mass is 16.3. The molecule has 0 unspecified atom stereocenters. The van der Waals surface area contributed by atoms with Crippen LogP contribution >= 0.6 is 0 Å². The van der Waals surface area contributed by atoms with E-state index in [1.807, 2.05) is 0 Å². The molecule has 0 aliphatic carbocycles. The molecule has 0 atom stereocenters. The Morgan fingerprint density at radius 3 is 3.07 bits per heavy atom. The number of nitrogens with one attached hydrogen (secondary N) is 2. The summed E-state index contributed by atoms with van der Waals surface area (Å²) in [6.45, 7) is 0. The zero-order valence-corrected chi connectivity index (χ0v) is 7.18. The summed E-state index contributed by atoms with van der Waals surface area (Å²) in [6.07, 6.45) is 1.39. The van der Waals surface area contributed by atoms with E-state index in [1.165, 1.54) is 13.4 Å². The van der Waals surface area contributed by atoms with Crippen LogP contribution in [0, 0.1) is 4.91 Å². The van der Waals surface area contributed by atoms with Crippen LogP contribution in [0.5, 0.6) is 0 Å². The van der Waals surface area contributed by atoms with E-state index in [4.69, 9.17) is 0 Å². The minimum Gasteiger partial charge on any atom is -0.340 e. The van der Waals surface area contributed by atoms with Gasteiger partial charge in [-0.15, -0.1) is 4.91 Å². The number of nitroso groups, excluding NO2 is 1. The molecule has 14 heavy (non-hydrogen) atoms. The second-order valence-corrected chi connectivity index (χ2v) is 2.60. The minimum atomic E-state index is -0.574. The van der Waals surface area contributed by atoms with Crippen LogP contribution in [0.3, 0.4) is 0 Å². The van der Waals surface area contributed by atoms with Gasteiger partial charge in [-0.05, 0) is 0 Å². The van der Waals surface area contributed by atoms with Gasteiger partial charge in [0.05, 0.1) is 11.6 Å². The van der Waals surface area contributed by atoms with Gasteiger partial charge in [-0.3, -0.25) is 4.98 Å². The average molecular weight is 194 g/mol. The summed E-state index contributed by atoms with van der Waals surface area (Å²) in [5.74, 6) is 0.149. The molecule has 0 amide bonds. The summed E-state index contributed by atoms with van der Waals surface area (Å²) in [5, 5.41) is 3.60. The maximum atomic E-state index is 11.0. The van der Waals surface area contributed by atoms with Gasteiger partial charge in [0.25, 0.3) is 0 Å². The fourth-order valence-corrected chi connectivity index (χ4v) is 1.11. The largest absolute Gasteiger partial charge is 0.348 e. The predicted molar refractivity (Wildman–Crippen MR) is 48.7 cm³/mol. The average Bonchev–Trinajstić information content (AvgIpc) is 2.62. The lowest BCUT2D eigenvalue weighted by Gasteiger charge is -2.06. The first-order chi connectivity index (χ1) is 6.72. The summed E-state index contributed by atoms with van der Waals surface area (Å²) < 4.78 is 0. The van der Waals surface area contributed by atoms with E-state index in [0.29, 0.717) is 11.2 Å². The zero-order chi connectivity index (χ0) is 10.1. The van der Waals surface area contributed by atoms with E-state index >= 15 is 0 Å². The number of rotatable bonds is 2. The maximum absolute atomic E-state index is 11.0. The highest BCUT2D eigenvalue weighted by molar-refractivity contribution is 5.82. The number of nitrogens with zero attached hydrogens (tertiary/aromatic N) is 4. The number of fused-ring (bicyclic) bond motifs is 1. The van der Waals surface area contributed by atoms with Gasteiger partial charge in [0.15, 0.2) is 11.5 Å². The number of anilines is 1. The molecule has 72 valence electrons. The Bertz CT molecular complexity index is 528. The summed E-state index contributed by atoms with van der Waals surface area (Å²) in [6, 6.07) is 0. The zero-order valence-electron chi connectivity index (χ0n) is 7.18. The summed E-state index contributed by atoms with van der Waals surface area (Å²) in [7, 11) is 1.40. The van der Waals surface area contributed by atoms with Crippen LogP contribution in [0.4, 0.5) is 5.82 Å². The lowest BCUT2D eigenvalue weighted by Crippen LogP contribution is -2.18. The summed E-state index contributed by atoms with van der Waals surface area (Å²) in [5.41, 5.74) is 0.234. The Hall–Kier alpha value is -2.25. The molecule has 0 radical (unpaired) electrons. The first-order valence-corrected chi connectivity index (χ1v) is 3.73. The minimum absolute atomic E-state index is 0.149. The molecule has 0 spiro atoms. The monoisotopic (exact) mass is 194 g/mol. The predicted octanol–water partition coefficient (Wildman–Crippen LogP) is -0.236. The Morgan fingerprint density at radius 1 is 1.57 bits per heavy atom. The molecular formula is C6H6N6O2. The molecular weight excluding hydrogens is 188 g/mol. The molecule has 0 saturated carbocycles. The molecule has 0 aromatic carbocycles. The van der Waals surface area contributed by atoms with E-state index in [-0.39, 0.29) is 5.82 Å². The molecule has 8 heteroatoms. The lowest BCUT2D eigenvalue weighted by atomic mass is 10.5. The number of hydrogen-bond acceptors (Lipinski definition) is 5. The molecule has 0 bridgehead atoms. The van der Waals surface area contributed by atoms with Crippen molar-refractivity contribution in [1.82, 2.24) is 19.9 Å². The fraction of sp³-hybridized carbons (Fsp3) is 0.167. The fourth-order valence-electron chi connectivity index (χ4n) is 1.11. The SMILES string of the molecule is CN(N=O)c1nc(=O)[nH]c2nc[nH]c12. The van der Waals surface area contributed by atoms with Crippen molar-refractivity contribution in [2.45, 2.75) is 0 Å². The third-order valence-electron chi connectivity index (χ3n) is 1.72. The van der Waals surface area contributed by atoms with Gasteiger partial charge in [0.2, 0.25) is 0 Å². The maximum Gasteiger partial charge on any atom is 0.348 e. The first-order valence-electron chi connectivity index (χ1n) is 3.73. The summed E-state index contributed by atoms with van der Waals surface area (Å²) in [4.78, 5) is 33.9. The van der Waals surface area contributed by atoms with Crippen molar-refractivity contribution in [1.29, 1.82) is 0 Å². The lowest BCUT2D eigenvalue weighted by molar-refractivity contribution is 0.948. The van der Waals surface area contributed by atoms with Crippen LogP contribution in [0.1, 0.15) is 0 Å². The Balaban J connectivity index is 2.78. The second kappa shape index (κ2) is 2.91. The molecule has 2 aromatic heterocycles. The van der Waals surface area contributed by atoms with Crippen molar-refractivity contribution in [2.75, 3.05) is 12.1 Å². The van der Waals surface area contributed by atoms with E-state index in [9.17, 15) is 9.70 Å². The number of aromatic amines is 2. The van der Waals surface area contributed by atoms with Crippen LogP contribution in [0.15, 0.2) is 16.4 Å². The molecule has 0 fully saturated rings. The van der Waals surface area contributed by atoms with E-state index in [0.717, 1.165) is 5.01 Å². The van der Waals surface area contributed by atoms with Crippen molar-refractivity contribution in [2.24, 2.45) is 5.29 Å². The standard InChI is InChI=1S/C6H6N6O2/c1-12(11-14)5-3-4(8-2-7-3)9-6(13)10-5/h2H,1H3,(H2,7,8,9,10,13). The van der Waals surface area contributed by atoms with Gasteiger partial charge < -0.3 is 4.98 Å². The molecule has 2 heterocycles. The van der Waals surface area contributed by atoms with Gasteiger partial charge in [0.1, 0.15) is 5.52 Å². The molecule has 8 nitrogen and oxygen atoms in total. The van der Waals surface area contributed by atoms with Crippen LogP contribution in [0.2, 0.25) is 0 Å². The van der Waals surface area contributed by atoms with Gasteiger partial charge in [-0.1, -0.05) is 0 Å². The molecule has 0 aliphatic rings. The van der Waals surface area contributed by atoms with E-state index in [1.54, 1.807) is 0 Å². The van der Waals surface area contributed by atoms with Crippen molar-refractivity contribution < 1.29 is 0 Å². The Kier molecular flexibility index (Phi) is 1.73. The highest BCUT2D eigenvalue weighted by Crippen LogP contribution is 2.16. The van der Waals surface area contributed by atoms with Gasteiger partial charge in [0, 0.05) is 7.05 Å². The van der Waals surface area contributed by atoms with Gasteiger partial charge in [-0.25, -0.2) is 14.8 Å². The van der Waals surface area contributed by atoms with Crippen LogP contribution in [-0.2, 0) is 0 Å². The third-order valence-corrected chi connectivity index (χ3v) is 1.72. The molecule has 2 aromatic rings. The number of H-pyrrole nitrogens is 2. The molecule has 2 rings (SSSR count). The van der Waals surface area contributed by atoms with Crippen LogP contribution < -0.4 is 10.7 Å². The van der Waals surface area contributed by atoms with Gasteiger partial charge in [-0.2, -0.15) is 4.98 Å². The molecule has 2 N–H and O–H groups in total. The topological polar surface area (TPSA) is 107 Å². The normalized spacial score (nSPS) is 10.4. The Labute approximate surface area is 76.9 Å². The van der Waals surface area contributed by atoms with Crippen molar-refractivity contribution in [3.8, 4) is 0 Å². The van der Waals surface area contributed by atoms with Crippen LogP contribution in [-0.4, -0.2) is 27.0 Å². The van der Waals surface area contributed by atoms with E-state index in [2.05, 4.69) is 25.2 Å². The van der Waals surface area contributed by atoms with Gasteiger partial charge >= 0.3 is 5.69 Å². The Morgan fingerprint density at radius 2 is 2.36 bits per heavy atom. The van der Waals surface area contributed by atoms with Crippen molar-refractivity contribution in [3.63, 3.8) is 0 Å². The van der Waals surface area contributed by atoms with Crippen molar-refractivity contribution in [3.05, 3.63) is 21.7 Å². The van der Waals surface area contributed by atoms with E-state index < -0.39 is 5.69 Å².